The fourth-order valence-corrected chi connectivity index (χ4v) is 3.06. The number of hydrogen-bond donors (Lipinski definition) is 1. The van der Waals surface area contributed by atoms with Crippen molar-refractivity contribution in [2.45, 2.75) is 20.8 Å². The second kappa shape index (κ2) is 6.68. The number of aromatic nitrogens is 2. The summed E-state index contributed by atoms with van der Waals surface area (Å²) in [7, 11) is 0. The van der Waals surface area contributed by atoms with Gasteiger partial charge >= 0.3 is 0 Å². The van der Waals surface area contributed by atoms with Crippen molar-refractivity contribution < 1.29 is 5.11 Å². The molecule has 5 nitrogen and oxygen atoms in total. The van der Waals surface area contributed by atoms with Crippen LogP contribution in [0.1, 0.15) is 16.7 Å². The van der Waals surface area contributed by atoms with Crippen LogP contribution >= 0.6 is 0 Å². The molecule has 0 amide bonds. The van der Waals surface area contributed by atoms with Crippen molar-refractivity contribution in [1.82, 2.24) is 9.38 Å². The molecule has 0 atom stereocenters. The van der Waals surface area contributed by atoms with E-state index in [1.807, 2.05) is 41.8 Å². The van der Waals surface area contributed by atoms with Crippen LogP contribution < -0.4 is 0 Å². The van der Waals surface area contributed by atoms with Crippen LogP contribution in [0.4, 0.5) is 11.5 Å². The molecule has 0 bridgehead atoms. The zero-order valence-electron chi connectivity index (χ0n) is 15.5. The quantitative estimate of drug-likeness (QED) is 0.454. The van der Waals surface area contributed by atoms with E-state index in [1.165, 1.54) is 0 Å². The Bertz CT molecular complexity index is 1170. The van der Waals surface area contributed by atoms with E-state index in [1.54, 1.807) is 12.1 Å². The number of aromatic hydroxyl groups is 1. The summed E-state index contributed by atoms with van der Waals surface area (Å²) in [6.45, 7) is 6.07. The van der Waals surface area contributed by atoms with Crippen molar-refractivity contribution >= 4 is 17.2 Å². The third-order valence-corrected chi connectivity index (χ3v) is 4.54. The van der Waals surface area contributed by atoms with Crippen LogP contribution in [0.15, 0.2) is 71.0 Å². The van der Waals surface area contributed by atoms with Gasteiger partial charge in [-0.3, -0.25) is 4.40 Å². The van der Waals surface area contributed by atoms with Crippen molar-refractivity contribution in [2.75, 3.05) is 0 Å². The Morgan fingerprint density at radius 2 is 1.67 bits per heavy atom. The summed E-state index contributed by atoms with van der Waals surface area (Å²) in [5, 5.41) is 18.9. The van der Waals surface area contributed by atoms with E-state index in [-0.39, 0.29) is 5.75 Å². The Hall–Kier alpha value is -3.47. The van der Waals surface area contributed by atoms with Crippen LogP contribution in [-0.2, 0) is 0 Å². The summed E-state index contributed by atoms with van der Waals surface area (Å²) < 4.78 is 1.91. The number of phenolic OH excluding ortho intramolecular Hbond substituents is 1. The van der Waals surface area contributed by atoms with Gasteiger partial charge in [-0.25, -0.2) is 4.98 Å². The van der Waals surface area contributed by atoms with Gasteiger partial charge in [0.25, 0.3) is 0 Å². The second-order valence-electron chi connectivity index (χ2n) is 6.72. The van der Waals surface area contributed by atoms with Gasteiger partial charge in [0.15, 0.2) is 5.82 Å². The average Bonchev–Trinajstić information content (AvgIpc) is 3.03. The predicted octanol–water partition coefficient (Wildman–Crippen LogP) is 6.05. The van der Waals surface area contributed by atoms with Crippen LogP contribution in [0.5, 0.6) is 5.75 Å². The van der Waals surface area contributed by atoms with Gasteiger partial charge in [-0.05, 0) is 62.2 Å². The normalized spacial score (nSPS) is 11.5. The molecular weight excluding hydrogens is 336 g/mol. The highest BCUT2D eigenvalue weighted by atomic mass is 16.3. The van der Waals surface area contributed by atoms with E-state index < -0.39 is 0 Å². The maximum absolute atomic E-state index is 10.1. The monoisotopic (exact) mass is 356 g/mol. The Balaban J connectivity index is 1.92. The van der Waals surface area contributed by atoms with Crippen molar-refractivity contribution in [3.05, 3.63) is 77.5 Å². The molecule has 0 unspecified atom stereocenters. The van der Waals surface area contributed by atoms with Gasteiger partial charge in [-0.1, -0.05) is 29.8 Å². The lowest BCUT2D eigenvalue weighted by Gasteiger charge is -2.05. The smallest absolute Gasteiger partial charge is 0.187 e. The number of pyridine rings is 1. The molecule has 0 aliphatic heterocycles. The Labute approximate surface area is 157 Å². The molecular formula is C22H20N4O. The molecule has 0 aliphatic rings. The largest absolute Gasteiger partial charge is 0.506 e. The maximum atomic E-state index is 10.1. The van der Waals surface area contributed by atoms with E-state index >= 15 is 0 Å². The van der Waals surface area contributed by atoms with Crippen molar-refractivity contribution in [3.8, 4) is 17.0 Å². The lowest BCUT2D eigenvalue weighted by atomic mass is 10.0. The van der Waals surface area contributed by atoms with Crippen molar-refractivity contribution in [2.24, 2.45) is 10.2 Å². The minimum absolute atomic E-state index is 0.103. The third kappa shape index (κ3) is 3.19. The number of aryl methyl sites for hydroxylation is 3. The zero-order valence-corrected chi connectivity index (χ0v) is 15.5. The topological polar surface area (TPSA) is 62.2 Å². The minimum Gasteiger partial charge on any atom is -0.506 e. The van der Waals surface area contributed by atoms with Gasteiger partial charge in [0, 0.05) is 11.8 Å². The van der Waals surface area contributed by atoms with E-state index in [9.17, 15) is 5.11 Å². The number of fused-ring (bicyclic) bond motifs is 1. The van der Waals surface area contributed by atoms with Crippen LogP contribution in [0.3, 0.4) is 0 Å². The lowest BCUT2D eigenvalue weighted by Crippen LogP contribution is -1.86. The molecule has 2 aromatic heterocycles. The Kier molecular flexibility index (Phi) is 4.20. The molecule has 2 heterocycles. The number of azo groups is 1. The van der Waals surface area contributed by atoms with E-state index in [2.05, 4.69) is 42.3 Å². The molecule has 0 radical (unpaired) electrons. The van der Waals surface area contributed by atoms with Crippen molar-refractivity contribution in [3.63, 3.8) is 0 Å². The molecule has 0 saturated carbocycles. The first-order valence-corrected chi connectivity index (χ1v) is 8.79. The van der Waals surface area contributed by atoms with Gasteiger partial charge in [-0.2, -0.15) is 0 Å². The standard InChI is InChI=1S/C22H20N4O/c1-14-7-9-16(3)17(12-14)21-22(26-11-5-4-6-20(26)23-21)25-24-18-13-15(2)8-10-19(18)27/h4-13,27H,1-3H3. The predicted molar refractivity (Wildman–Crippen MR) is 107 cm³/mol. The summed E-state index contributed by atoms with van der Waals surface area (Å²) in [6, 6.07) is 17.4. The molecule has 4 aromatic rings. The molecule has 134 valence electrons. The van der Waals surface area contributed by atoms with Crippen LogP contribution in [0, 0.1) is 20.8 Å². The Morgan fingerprint density at radius 1 is 0.889 bits per heavy atom. The fourth-order valence-electron chi connectivity index (χ4n) is 3.06. The molecule has 0 fully saturated rings. The first kappa shape index (κ1) is 17.0. The summed E-state index contributed by atoms with van der Waals surface area (Å²) in [5.74, 6) is 0.742. The Morgan fingerprint density at radius 3 is 2.52 bits per heavy atom. The number of imidazole rings is 1. The van der Waals surface area contributed by atoms with Gasteiger partial charge < -0.3 is 5.11 Å². The summed E-state index contributed by atoms with van der Waals surface area (Å²) in [4.78, 5) is 4.78. The van der Waals surface area contributed by atoms with Crippen LogP contribution in [0.25, 0.3) is 16.9 Å². The lowest BCUT2D eigenvalue weighted by molar-refractivity contribution is 0.476. The van der Waals surface area contributed by atoms with Gasteiger partial charge in [0.1, 0.15) is 22.8 Å². The molecule has 2 aromatic carbocycles. The molecule has 4 rings (SSSR count). The highest BCUT2D eigenvalue weighted by Crippen LogP contribution is 2.35. The van der Waals surface area contributed by atoms with E-state index in [4.69, 9.17) is 4.98 Å². The maximum Gasteiger partial charge on any atom is 0.187 e. The summed E-state index contributed by atoms with van der Waals surface area (Å²) >= 11 is 0. The average molecular weight is 356 g/mol. The van der Waals surface area contributed by atoms with Gasteiger partial charge in [0.05, 0.1) is 0 Å². The van der Waals surface area contributed by atoms with Crippen LogP contribution in [-0.4, -0.2) is 14.5 Å². The fraction of sp³-hybridized carbons (Fsp3) is 0.136. The van der Waals surface area contributed by atoms with Gasteiger partial charge in [0.2, 0.25) is 0 Å². The highest BCUT2D eigenvalue weighted by Gasteiger charge is 2.16. The number of nitrogens with zero attached hydrogens (tertiary/aromatic N) is 4. The molecule has 0 aliphatic carbocycles. The number of hydrogen-bond acceptors (Lipinski definition) is 4. The summed E-state index contributed by atoms with van der Waals surface area (Å²) in [6.07, 6.45) is 1.92. The van der Waals surface area contributed by atoms with Crippen molar-refractivity contribution in [1.29, 1.82) is 0 Å². The molecule has 5 heteroatoms. The summed E-state index contributed by atoms with van der Waals surface area (Å²) in [5.41, 5.74) is 6.34. The minimum atomic E-state index is 0.103. The number of phenols is 1. The first-order valence-electron chi connectivity index (χ1n) is 8.79. The van der Waals surface area contributed by atoms with E-state index in [0.29, 0.717) is 11.5 Å². The number of benzene rings is 2. The molecule has 1 N–H and O–H groups in total. The van der Waals surface area contributed by atoms with E-state index in [0.717, 1.165) is 33.6 Å². The second-order valence-corrected chi connectivity index (χ2v) is 6.72. The molecule has 0 saturated heterocycles. The first-order chi connectivity index (χ1) is 13.0. The molecule has 0 spiro atoms. The highest BCUT2D eigenvalue weighted by molar-refractivity contribution is 5.77. The van der Waals surface area contributed by atoms with Crippen LogP contribution in [0.2, 0.25) is 0 Å². The zero-order chi connectivity index (χ0) is 19.0. The number of rotatable bonds is 3. The third-order valence-electron chi connectivity index (χ3n) is 4.54. The SMILES string of the molecule is Cc1ccc(O)c(N=Nc2c(-c3cc(C)ccc3C)nc3ccccn23)c1. The molecule has 27 heavy (non-hydrogen) atoms. The van der Waals surface area contributed by atoms with Gasteiger partial charge in [-0.15, -0.1) is 10.2 Å².